The number of thiazole rings is 1. The zero-order valence-corrected chi connectivity index (χ0v) is 17.4. The van der Waals surface area contributed by atoms with Crippen molar-refractivity contribution in [2.75, 3.05) is 19.8 Å². The second-order valence-electron chi connectivity index (χ2n) is 6.75. The molecule has 0 radical (unpaired) electrons. The first kappa shape index (κ1) is 19.1. The molecular weight excluding hydrogens is 392 g/mol. The minimum atomic E-state index is -0.329. The minimum Gasteiger partial charge on any atom is -0.462 e. The van der Waals surface area contributed by atoms with Crippen LogP contribution < -0.4 is 0 Å². The average molecular weight is 413 g/mol. The van der Waals surface area contributed by atoms with Crippen molar-refractivity contribution in [1.29, 1.82) is 5.26 Å². The van der Waals surface area contributed by atoms with Crippen molar-refractivity contribution < 1.29 is 14.3 Å². The summed E-state index contributed by atoms with van der Waals surface area (Å²) in [5.74, 6) is 0.107. The molecule has 0 spiro atoms. The third-order valence-corrected chi connectivity index (χ3v) is 7.41. The maximum atomic E-state index is 12.1. The summed E-state index contributed by atoms with van der Waals surface area (Å²) in [6, 6.07) is 8.65. The summed E-state index contributed by atoms with van der Waals surface area (Å²) in [5.41, 5.74) is 2.59. The van der Waals surface area contributed by atoms with Crippen LogP contribution in [0.15, 0.2) is 18.2 Å². The summed E-state index contributed by atoms with van der Waals surface area (Å²) in [6.07, 6.45) is 1.98. The molecule has 1 aliphatic heterocycles. The van der Waals surface area contributed by atoms with E-state index in [0.29, 0.717) is 28.7 Å². The van der Waals surface area contributed by atoms with E-state index in [1.165, 1.54) is 16.9 Å². The van der Waals surface area contributed by atoms with Crippen molar-refractivity contribution >= 4 is 38.7 Å². The van der Waals surface area contributed by atoms with Gasteiger partial charge in [-0.05, 0) is 61.8 Å². The fourth-order valence-electron chi connectivity index (χ4n) is 3.52. The van der Waals surface area contributed by atoms with Crippen LogP contribution in [-0.2, 0) is 9.47 Å². The van der Waals surface area contributed by atoms with E-state index >= 15 is 0 Å². The Morgan fingerprint density at radius 3 is 2.82 bits per heavy atom. The number of hydrogen-bond acceptors (Lipinski definition) is 7. The summed E-state index contributed by atoms with van der Waals surface area (Å²) in [7, 11) is 0. The number of nitrogens with zero attached hydrogens (tertiary/aromatic N) is 2. The molecule has 28 heavy (non-hydrogen) atoms. The van der Waals surface area contributed by atoms with E-state index in [2.05, 4.69) is 23.2 Å². The van der Waals surface area contributed by atoms with Gasteiger partial charge in [-0.25, -0.2) is 9.78 Å². The molecule has 1 aliphatic rings. The van der Waals surface area contributed by atoms with Gasteiger partial charge in [-0.3, -0.25) is 0 Å². The van der Waals surface area contributed by atoms with Crippen molar-refractivity contribution in [3.05, 3.63) is 39.9 Å². The fraction of sp³-hybridized carbons (Fsp3) is 0.381. The summed E-state index contributed by atoms with van der Waals surface area (Å²) >= 11 is 2.90. The first-order valence-corrected chi connectivity index (χ1v) is 10.9. The number of hydrogen-bond donors (Lipinski definition) is 0. The number of ether oxygens (including phenoxy) is 2. The molecule has 0 N–H and O–H groups in total. The van der Waals surface area contributed by atoms with Gasteiger partial charge >= 0.3 is 5.97 Å². The van der Waals surface area contributed by atoms with Crippen LogP contribution in [0.5, 0.6) is 0 Å². The Balaban J connectivity index is 1.74. The molecule has 2 aromatic heterocycles. The van der Waals surface area contributed by atoms with Gasteiger partial charge in [-0.1, -0.05) is 0 Å². The number of aromatic nitrogens is 1. The highest BCUT2D eigenvalue weighted by Crippen LogP contribution is 2.40. The Labute approximate surface area is 171 Å². The van der Waals surface area contributed by atoms with E-state index in [1.807, 2.05) is 13.0 Å². The van der Waals surface area contributed by atoms with E-state index in [9.17, 15) is 10.1 Å². The molecule has 0 amide bonds. The molecule has 1 aromatic carbocycles. The van der Waals surface area contributed by atoms with Crippen LogP contribution in [0, 0.1) is 18.3 Å². The van der Waals surface area contributed by atoms with E-state index in [-0.39, 0.29) is 5.97 Å². The molecule has 0 atom stereocenters. The molecular formula is C21H20N2O3S2. The van der Waals surface area contributed by atoms with Gasteiger partial charge in [0.15, 0.2) is 0 Å². The smallest absolute Gasteiger partial charge is 0.350 e. The Bertz CT molecular complexity index is 1070. The zero-order chi connectivity index (χ0) is 19.7. The van der Waals surface area contributed by atoms with E-state index in [1.54, 1.807) is 18.3 Å². The predicted molar refractivity (Wildman–Crippen MR) is 111 cm³/mol. The zero-order valence-electron chi connectivity index (χ0n) is 15.8. The standard InChI is InChI=1S/C21H20N2O3S2/c1-3-26-21(24)18-12(2)23-20(28-18)17-10-15-8-14(13-4-6-25-7-5-13)9-16(11-22)19(15)27-17/h8-10,13H,3-7H2,1-2H3. The number of esters is 1. The Morgan fingerprint density at radius 2 is 2.11 bits per heavy atom. The van der Waals surface area contributed by atoms with Gasteiger partial charge in [0.2, 0.25) is 0 Å². The highest BCUT2D eigenvalue weighted by atomic mass is 32.1. The van der Waals surface area contributed by atoms with Crippen molar-refractivity contribution in [2.24, 2.45) is 0 Å². The van der Waals surface area contributed by atoms with Crippen LogP contribution in [0.25, 0.3) is 20.0 Å². The normalized spacial score (nSPS) is 14.9. The number of nitriles is 1. The molecule has 1 fully saturated rings. The topological polar surface area (TPSA) is 72.2 Å². The van der Waals surface area contributed by atoms with Gasteiger partial charge in [0.1, 0.15) is 16.0 Å². The molecule has 3 heterocycles. The molecule has 5 nitrogen and oxygen atoms in total. The number of thiophene rings is 1. The molecule has 3 aromatic rings. The van der Waals surface area contributed by atoms with Crippen LogP contribution in [-0.4, -0.2) is 30.8 Å². The van der Waals surface area contributed by atoms with Gasteiger partial charge in [0, 0.05) is 13.2 Å². The number of rotatable bonds is 4. The summed E-state index contributed by atoms with van der Waals surface area (Å²) < 4.78 is 11.6. The number of carbonyl (C=O) groups excluding carboxylic acids is 1. The van der Waals surface area contributed by atoms with Gasteiger partial charge in [-0.15, -0.1) is 22.7 Å². The number of aryl methyl sites for hydroxylation is 1. The van der Waals surface area contributed by atoms with Crippen LogP contribution in [0.3, 0.4) is 0 Å². The summed E-state index contributed by atoms with van der Waals surface area (Å²) in [6.45, 7) is 5.50. The van der Waals surface area contributed by atoms with Crippen molar-refractivity contribution in [1.82, 2.24) is 4.98 Å². The Hall–Kier alpha value is -2.27. The van der Waals surface area contributed by atoms with Gasteiger partial charge < -0.3 is 9.47 Å². The van der Waals surface area contributed by atoms with Crippen molar-refractivity contribution in [3.8, 4) is 16.0 Å². The molecule has 4 rings (SSSR count). The first-order valence-electron chi connectivity index (χ1n) is 9.31. The maximum absolute atomic E-state index is 12.1. The summed E-state index contributed by atoms with van der Waals surface area (Å²) in [4.78, 5) is 18.2. The molecule has 7 heteroatoms. The predicted octanol–water partition coefficient (Wildman–Crippen LogP) is 5.28. The van der Waals surface area contributed by atoms with Crippen LogP contribution >= 0.6 is 22.7 Å². The Morgan fingerprint density at radius 1 is 1.32 bits per heavy atom. The number of fused-ring (bicyclic) bond motifs is 1. The van der Waals surface area contributed by atoms with Crippen LogP contribution in [0.4, 0.5) is 0 Å². The molecule has 0 aliphatic carbocycles. The summed E-state index contributed by atoms with van der Waals surface area (Å²) in [5, 5.41) is 11.5. The lowest BCUT2D eigenvalue weighted by Crippen LogP contribution is -2.14. The third-order valence-electron chi connectivity index (χ3n) is 4.92. The maximum Gasteiger partial charge on any atom is 0.350 e. The van der Waals surface area contributed by atoms with Gasteiger partial charge in [0.25, 0.3) is 0 Å². The van der Waals surface area contributed by atoms with E-state index < -0.39 is 0 Å². The quantitative estimate of drug-likeness (QED) is 0.546. The van der Waals surface area contributed by atoms with Gasteiger partial charge in [0.05, 0.1) is 27.4 Å². The largest absolute Gasteiger partial charge is 0.462 e. The van der Waals surface area contributed by atoms with Crippen molar-refractivity contribution in [3.63, 3.8) is 0 Å². The van der Waals surface area contributed by atoms with Crippen molar-refractivity contribution in [2.45, 2.75) is 32.6 Å². The van der Waals surface area contributed by atoms with Gasteiger partial charge in [-0.2, -0.15) is 5.26 Å². The molecule has 0 unspecified atom stereocenters. The minimum absolute atomic E-state index is 0.329. The second kappa shape index (κ2) is 8.00. The highest BCUT2D eigenvalue weighted by molar-refractivity contribution is 7.26. The SMILES string of the molecule is CCOC(=O)c1sc(-c2cc3cc(C4CCOCC4)cc(C#N)c3s2)nc1C. The second-order valence-corrected chi connectivity index (χ2v) is 8.80. The monoisotopic (exact) mass is 412 g/mol. The Kier molecular flexibility index (Phi) is 5.44. The fourth-order valence-corrected chi connectivity index (χ4v) is 5.63. The lowest BCUT2D eigenvalue weighted by Gasteiger charge is -2.22. The van der Waals surface area contributed by atoms with E-state index in [4.69, 9.17) is 9.47 Å². The first-order chi connectivity index (χ1) is 13.6. The molecule has 0 bridgehead atoms. The molecule has 1 saturated heterocycles. The molecule has 0 saturated carbocycles. The molecule has 144 valence electrons. The third kappa shape index (κ3) is 3.55. The number of benzene rings is 1. The number of carbonyl (C=O) groups is 1. The lowest BCUT2D eigenvalue weighted by atomic mass is 9.90. The van der Waals surface area contributed by atoms with E-state index in [0.717, 1.165) is 46.0 Å². The van der Waals surface area contributed by atoms with Crippen LogP contribution in [0.2, 0.25) is 0 Å². The lowest BCUT2D eigenvalue weighted by molar-refractivity contribution is 0.0531. The highest BCUT2D eigenvalue weighted by Gasteiger charge is 2.21. The average Bonchev–Trinajstić information content (AvgIpc) is 3.31. The van der Waals surface area contributed by atoms with Crippen LogP contribution in [0.1, 0.15) is 52.2 Å².